The molecule has 0 bridgehead atoms. The number of hydrogen-bond acceptors (Lipinski definition) is 4. The number of benzene rings is 1. The van der Waals surface area contributed by atoms with Crippen LogP contribution in [0.25, 0.3) is 0 Å². The molecule has 0 aliphatic carbocycles. The van der Waals surface area contributed by atoms with E-state index in [9.17, 15) is 8.42 Å². The normalized spacial score (nSPS) is 11.5. The molecule has 1 aromatic heterocycles. The molecule has 0 fully saturated rings. The highest BCUT2D eigenvalue weighted by molar-refractivity contribution is 7.91. The number of aryl methyl sites for hydroxylation is 1. The summed E-state index contributed by atoms with van der Waals surface area (Å²) in [4.78, 5) is 4.64. The first-order valence-corrected chi connectivity index (χ1v) is 8.28. The Hall–Kier alpha value is -1.82. The van der Waals surface area contributed by atoms with Crippen molar-refractivity contribution in [2.45, 2.75) is 31.8 Å². The zero-order valence-corrected chi connectivity index (χ0v) is 12.5. The third kappa shape index (κ3) is 3.19. The standard InChI is InChI=1S/C14H19N3O2S/c1-3-17-10-9-15-14(17)11-16-12-5-7-13(8-6-12)20(18,19)4-2/h5-10,16H,3-4,11H2,1-2H3. The van der Waals surface area contributed by atoms with Crippen LogP contribution < -0.4 is 5.32 Å². The number of nitrogens with one attached hydrogen (secondary N) is 1. The van der Waals surface area contributed by atoms with Gasteiger partial charge >= 0.3 is 0 Å². The number of nitrogens with zero attached hydrogens (tertiary/aromatic N) is 2. The van der Waals surface area contributed by atoms with Gasteiger partial charge in [-0.15, -0.1) is 0 Å². The molecule has 0 saturated heterocycles. The molecular formula is C14H19N3O2S. The summed E-state index contributed by atoms with van der Waals surface area (Å²) in [6.45, 7) is 5.20. The van der Waals surface area contributed by atoms with E-state index in [-0.39, 0.29) is 5.75 Å². The van der Waals surface area contributed by atoms with Gasteiger partial charge in [0.05, 0.1) is 17.2 Å². The summed E-state index contributed by atoms with van der Waals surface area (Å²) in [5.41, 5.74) is 0.880. The van der Waals surface area contributed by atoms with E-state index in [2.05, 4.69) is 21.8 Å². The zero-order valence-electron chi connectivity index (χ0n) is 11.7. The van der Waals surface area contributed by atoms with E-state index in [0.29, 0.717) is 11.4 Å². The Bertz CT molecular complexity index is 660. The minimum absolute atomic E-state index is 0.119. The molecule has 0 radical (unpaired) electrons. The van der Waals surface area contributed by atoms with Crippen LogP contribution in [0.1, 0.15) is 19.7 Å². The highest BCUT2D eigenvalue weighted by atomic mass is 32.2. The van der Waals surface area contributed by atoms with Crippen molar-refractivity contribution in [2.24, 2.45) is 0 Å². The van der Waals surface area contributed by atoms with Crippen LogP contribution in [0.4, 0.5) is 5.69 Å². The van der Waals surface area contributed by atoms with Crippen molar-refractivity contribution < 1.29 is 8.42 Å². The number of anilines is 1. The molecule has 6 heteroatoms. The van der Waals surface area contributed by atoms with Gasteiger partial charge in [-0.25, -0.2) is 13.4 Å². The van der Waals surface area contributed by atoms with Crippen LogP contribution >= 0.6 is 0 Å². The van der Waals surface area contributed by atoms with Crippen LogP contribution in [0.2, 0.25) is 0 Å². The molecule has 0 spiro atoms. The number of sulfone groups is 1. The van der Waals surface area contributed by atoms with E-state index in [1.807, 2.05) is 6.20 Å². The van der Waals surface area contributed by atoms with Crippen molar-refractivity contribution in [3.8, 4) is 0 Å². The van der Waals surface area contributed by atoms with Crippen LogP contribution in [-0.4, -0.2) is 23.7 Å². The quantitative estimate of drug-likeness (QED) is 0.887. The maximum absolute atomic E-state index is 11.7. The lowest BCUT2D eigenvalue weighted by Crippen LogP contribution is -2.08. The van der Waals surface area contributed by atoms with E-state index in [0.717, 1.165) is 18.1 Å². The van der Waals surface area contributed by atoms with E-state index in [1.54, 1.807) is 37.4 Å². The first-order chi connectivity index (χ1) is 9.56. The molecule has 0 atom stereocenters. The number of hydrogen-bond donors (Lipinski definition) is 1. The topological polar surface area (TPSA) is 64.0 Å². The van der Waals surface area contributed by atoms with Crippen molar-refractivity contribution in [1.82, 2.24) is 9.55 Å². The zero-order chi connectivity index (χ0) is 14.6. The molecule has 0 amide bonds. The highest BCUT2D eigenvalue weighted by Gasteiger charge is 2.10. The Balaban J connectivity index is 2.05. The summed E-state index contributed by atoms with van der Waals surface area (Å²) < 4.78 is 25.5. The SMILES string of the molecule is CCn1ccnc1CNc1ccc(S(=O)(=O)CC)cc1. The second-order valence-corrected chi connectivity index (χ2v) is 6.69. The fraction of sp³-hybridized carbons (Fsp3) is 0.357. The van der Waals surface area contributed by atoms with Crippen LogP contribution in [0.3, 0.4) is 0 Å². The third-order valence-corrected chi connectivity index (χ3v) is 4.94. The molecule has 0 aliphatic heterocycles. The monoisotopic (exact) mass is 293 g/mol. The van der Waals surface area contributed by atoms with Crippen molar-refractivity contribution in [3.05, 3.63) is 42.5 Å². The summed E-state index contributed by atoms with van der Waals surface area (Å²) in [5.74, 6) is 1.08. The fourth-order valence-electron chi connectivity index (χ4n) is 1.92. The molecule has 2 aromatic rings. The molecule has 20 heavy (non-hydrogen) atoms. The Kier molecular flexibility index (Phi) is 4.44. The summed E-state index contributed by atoms with van der Waals surface area (Å²) in [6.07, 6.45) is 3.71. The van der Waals surface area contributed by atoms with Crippen LogP contribution in [-0.2, 0) is 22.9 Å². The van der Waals surface area contributed by atoms with Gasteiger partial charge in [0.25, 0.3) is 0 Å². The molecule has 1 N–H and O–H groups in total. The van der Waals surface area contributed by atoms with Gasteiger partial charge in [-0.1, -0.05) is 6.92 Å². The van der Waals surface area contributed by atoms with Crippen LogP contribution in [0.15, 0.2) is 41.6 Å². The van der Waals surface area contributed by atoms with E-state index >= 15 is 0 Å². The number of aromatic nitrogens is 2. The largest absolute Gasteiger partial charge is 0.378 e. The minimum Gasteiger partial charge on any atom is -0.378 e. The Morgan fingerprint density at radius 3 is 2.50 bits per heavy atom. The Morgan fingerprint density at radius 1 is 1.20 bits per heavy atom. The first-order valence-electron chi connectivity index (χ1n) is 6.63. The van der Waals surface area contributed by atoms with Gasteiger partial charge < -0.3 is 9.88 Å². The summed E-state index contributed by atoms with van der Waals surface area (Å²) in [7, 11) is -3.13. The van der Waals surface area contributed by atoms with Crippen LogP contribution in [0.5, 0.6) is 0 Å². The van der Waals surface area contributed by atoms with E-state index < -0.39 is 9.84 Å². The van der Waals surface area contributed by atoms with Crippen molar-refractivity contribution in [2.75, 3.05) is 11.1 Å². The predicted octanol–water partition coefficient (Wildman–Crippen LogP) is 2.31. The summed E-state index contributed by atoms with van der Waals surface area (Å²) >= 11 is 0. The number of imidazole rings is 1. The summed E-state index contributed by atoms with van der Waals surface area (Å²) in [6, 6.07) is 6.82. The van der Waals surface area contributed by atoms with Gasteiger partial charge in [-0.2, -0.15) is 0 Å². The highest BCUT2D eigenvalue weighted by Crippen LogP contribution is 2.15. The van der Waals surface area contributed by atoms with E-state index in [1.165, 1.54) is 0 Å². The van der Waals surface area contributed by atoms with Crippen molar-refractivity contribution in [3.63, 3.8) is 0 Å². The molecule has 1 heterocycles. The smallest absolute Gasteiger partial charge is 0.178 e. The molecule has 0 unspecified atom stereocenters. The molecule has 1 aromatic carbocycles. The maximum atomic E-state index is 11.7. The third-order valence-electron chi connectivity index (χ3n) is 3.19. The molecular weight excluding hydrogens is 274 g/mol. The van der Waals surface area contributed by atoms with Crippen molar-refractivity contribution >= 4 is 15.5 Å². The van der Waals surface area contributed by atoms with Crippen LogP contribution in [0, 0.1) is 0 Å². The fourth-order valence-corrected chi connectivity index (χ4v) is 2.81. The number of rotatable bonds is 6. The lowest BCUT2D eigenvalue weighted by Gasteiger charge is -2.08. The maximum Gasteiger partial charge on any atom is 0.178 e. The second-order valence-electron chi connectivity index (χ2n) is 4.41. The van der Waals surface area contributed by atoms with Gasteiger partial charge in [0.1, 0.15) is 5.82 Å². The van der Waals surface area contributed by atoms with Gasteiger partial charge in [0, 0.05) is 24.6 Å². The Labute approximate surface area is 119 Å². The van der Waals surface area contributed by atoms with Crippen molar-refractivity contribution in [1.29, 1.82) is 0 Å². The molecule has 0 aliphatic rings. The van der Waals surface area contributed by atoms with E-state index in [4.69, 9.17) is 0 Å². The molecule has 2 rings (SSSR count). The minimum atomic E-state index is -3.13. The predicted molar refractivity (Wildman–Crippen MR) is 79.4 cm³/mol. The lowest BCUT2D eigenvalue weighted by molar-refractivity contribution is 0.597. The molecule has 108 valence electrons. The molecule has 0 saturated carbocycles. The average Bonchev–Trinajstić information content (AvgIpc) is 2.93. The van der Waals surface area contributed by atoms with Gasteiger partial charge in [-0.05, 0) is 31.2 Å². The average molecular weight is 293 g/mol. The van der Waals surface area contributed by atoms with Gasteiger partial charge in [-0.3, -0.25) is 0 Å². The van der Waals surface area contributed by atoms with Gasteiger partial charge in [0.2, 0.25) is 0 Å². The lowest BCUT2D eigenvalue weighted by atomic mass is 10.3. The molecule has 5 nitrogen and oxygen atoms in total. The second kappa shape index (κ2) is 6.09. The Morgan fingerprint density at radius 2 is 1.90 bits per heavy atom. The first kappa shape index (κ1) is 14.6. The van der Waals surface area contributed by atoms with Gasteiger partial charge in [0.15, 0.2) is 9.84 Å². The summed E-state index contributed by atoms with van der Waals surface area (Å²) in [5, 5.41) is 3.24.